The molecule has 3 heterocycles. The van der Waals surface area contributed by atoms with Gasteiger partial charge in [0.25, 0.3) is 0 Å². The minimum Gasteiger partial charge on any atom is -0.361 e. The Balaban J connectivity index is 1.31. The molecule has 1 amide bonds. The van der Waals surface area contributed by atoms with E-state index in [1.165, 1.54) is 18.4 Å². The predicted octanol–water partition coefficient (Wildman–Crippen LogP) is 2.33. The number of amides is 1. The third-order valence-electron chi connectivity index (χ3n) is 5.47. The average Bonchev–Trinajstić information content (AvgIpc) is 3.19. The monoisotopic (exact) mass is 321 g/mol. The fourth-order valence-corrected chi connectivity index (χ4v) is 3.96. The van der Waals surface area contributed by atoms with Gasteiger partial charge in [0.05, 0.1) is 12.9 Å². The van der Waals surface area contributed by atoms with E-state index in [0.29, 0.717) is 24.9 Å². The molecule has 5 nitrogen and oxygen atoms in total. The molecular formula is C17H24FN3O2. The standard InChI is InChI=1S/C17H24FN3O2/c18-8-12-7-16(22)21(10-12)15-3-5-20(6-4-15)11-14-9-19-23-17(14)13-1-2-13/h9,12-13,15H,1-8,10-11H2. The van der Waals surface area contributed by atoms with Crippen LogP contribution in [0.2, 0.25) is 0 Å². The van der Waals surface area contributed by atoms with Gasteiger partial charge in [-0.1, -0.05) is 5.16 Å². The number of hydrogen-bond acceptors (Lipinski definition) is 4. The highest BCUT2D eigenvalue weighted by Gasteiger charge is 2.36. The van der Waals surface area contributed by atoms with Crippen LogP contribution in [0, 0.1) is 5.92 Å². The molecule has 1 aromatic heterocycles. The van der Waals surface area contributed by atoms with Crippen LogP contribution < -0.4 is 0 Å². The fraction of sp³-hybridized carbons (Fsp3) is 0.765. The van der Waals surface area contributed by atoms with Gasteiger partial charge in [-0.25, -0.2) is 0 Å². The van der Waals surface area contributed by atoms with E-state index in [9.17, 15) is 9.18 Å². The quantitative estimate of drug-likeness (QED) is 0.835. The maximum Gasteiger partial charge on any atom is 0.223 e. The van der Waals surface area contributed by atoms with Crippen LogP contribution in [0.3, 0.4) is 0 Å². The molecule has 4 rings (SSSR count). The van der Waals surface area contributed by atoms with E-state index in [1.807, 2.05) is 11.1 Å². The molecule has 0 N–H and O–H groups in total. The summed E-state index contributed by atoms with van der Waals surface area (Å²) in [7, 11) is 0. The van der Waals surface area contributed by atoms with Crippen molar-refractivity contribution in [1.82, 2.24) is 15.0 Å². The van der Waals surface area contributed by atoms with Gasteiger partial charge < -0.3 is 9.42 Å². The van der Waals surface area contributed by atoms with Crippen molar-refractivity contribution in [3.8, 4) is 0 Å². The van der Waals surface area contributed by atoms with Crippen molar-refractivity contribution in [3.05, 3.63) is 17.5 Å². The Labute approximate surface area is 135 Å². The average molecular weight is 321 g/mol. The predicted molar refractivity (Wildman–Crippen MR) is 82.6 cm³/mol. The van der Waals surface area contributed by atoms with Gasteiger partial charge in [-0.15, -0.1) is 0 Å². The first-order valence-corrected chi connectivity index (χ1v) is 8.76. The van der Waals surface area contributed by atoms with Gasteiger partial charge in [0.2, 0.25) is 5.91 Å². The number of hydrogen-bond donors (Lipinski definition) is 0. The second-order valence-electron chi connectivity index (χ2n) is 7.27. The molecule has 3 fully saturated rings. The normalized spacial score (nSPS) is 27.1. The van der Waals surface area contributed by atoms with Crippen LogP contribution in [0.1, 0.15) is 49.3 Å². The molecular weight excluding hydrogens is 297 g/mol. The zero-order chi connectivity index (χ0) is 15.8. The first-order valence-electron chi connectivity index (χ1n) is 8.76. The lowest BCUT2D eigenvalue weighted by Crippen LogP contribution is -2.45. The van der Waals surface area contributed by atoms with Crippen molar-refractivity contribution >= 4 is 5.91 Å². The highest BCUT2D eigenvalue weighted by atomic mass is 19.1. The summed E-state index contributed by atoms with van der Waals surface area (Å²) in [6.07, 6.45) is 6.65. The van der Waals surface area contributed by atoms with Gasteiger partial charge in [0.15, 0.2) is 0 Å². The van der Waals surface area contributed by atoms with Crippen LogP contribution in [-0.4, -0.2) is 53.2 Å². The van der Waals surface area contributed by atoms with Crippen LogP contribution in [0.5, 0.6) is 0 Å². The van der Waals surface area contributed by atoms with Crippen molar-refractivity contribution in [3.63, 3.8) is 0 Å². The van der Waals surface area contributed by atoms with Gasteiger partial charge in [0, 0.05) is 56.0 Å². The van der Waals surface area contributed by atoms with Crippen molar-refractivity contribution in [2.24, 2.45) is 5.92 Å². The Morgan fingerprint density at radius 3 is 2.70 bits per heavy atom. The largest absolute Gasteiger partial charge is 0.361 e. The molecule has 126 valence electrons. The first-order chi connectivity index (χ1) is 11.2. The lowest BCUT2D eigenvalue weighted by molar-refractivity contribution is -0.130. The van der Waals surface area contributed by atoms with Crippen LogP contribution in [-0.2, 0) is 11.3 Å². The zero-order valence-electron chi connectivity index (χ0n) is 13.4. The molecule has 2 aliphatic heterocycles. The number of piperidine rings is 1. The van der Waals surface area contributed by atoms with Gasteiger partial charge in [-0.2, -0.15) is 0 Å². The third kappa shape index (κ3) is 3.13. The summed E-state index contributed by atoms with van der Waals surface area (Å²) in [5.41, 5.74) is 1.22. The molecule has 1 aliphatic carbocycles. The summed E-state index contributed by atoms with van der Waals surface area (Å²) in [5, 5.41) is 3.96. The second-order valence-corrected chi connectivity index (χ2v) is 7.27. The second kappa shape index (κ2) is 6.23. The first kappa shape index (κ1) is 15.1. The molecule has 1 unspecified atom stereocenters. The molecule has 0 spiro atoms. The Hall–Kier alpha value is -1.43. The van der Waals surface area contributed by atoms with Crippen LogP contribution >= 0.6 is 0 Å². The van der Waals surface area contributed by atoms with E-state index >= 15 is 0 Å². The Morgan fingerprint density at radius 1 is 1.26 bits per heavy atom. The molecule has 1 saturated carbocycles. The maximum atomic E-state index is 12.8. The number of nitrogens with zero attached hydrogens (tertiary/aromatic N) is 3. The van der Waals surface area contributed by atoms with E-state index in [1.54, 1.807) is 0 Å². The summed E-state index contributed by atoms with van der Waals surface area (Å²) in [6, 6.07) is 0.292. The van der Waals surface area contributed by atoms with Crippen molar-refractivity contribution in [2.45, 2.75) is 50.6 Å². The molecule has 0 radical (unpaired) electrons. The molecule has 0 aromatic carbocycles. The van der Waals surface area contributed by atoms with Crippen molar-refractivity contribution in [1.29, 1.82) is 0 Å². The number of carbonyl (C=O) groups is 1. The van der Waals surface area contributed by atoms with Gasteiger partial charge in [-0.3, -0.25) is 14.1 Å². The Bertz CT molecular complexity index is 564. The number of alkyl halides is 1. The minimum atomic E-state index is -0.376. The fourth-order valence-electron chi connectivity index (χ4n) is 3.96. The van der Waals surface area contributed by atoms with Gasteiger partial charge in [0.1, 0.15) is 5.76 Å². The molecule has 0 bridgehead atoms. The Morgan fingerprint density at radius 2 is 2.04 bits per heavy atom. The van der Waals surface area contributed by atoms with E-state index in [2.05, 4.69) is 10.1 Å². The summed E-state index contributed by atoms with van der Waals surface area (Å²) in [6.45, 7) is 3.08. The molecule has 3 aliphatic rings. The topological polar surface area (TPSA) is 49.6 Å². The Kier molecular flexibility index (Phi) is 4.09. The van der Waals surface area contributed by atoms with Crippen LogP contribution in [0.4, 0.5) is 4.39 Å². The number of carbonyl (C=O) groups excluding carboxylic acids is 1. The van der Waals surface area contributed by atoms with E-state index in [0.717, 1.165) is 38.2 Å². The number of rotatable bonds is 5. The van der Waals surface area contributed by atoms with Gasteiger partial charge >= 0.3 is 0 Å². The lowest BCUT2D eigenvalue weighted by atomic mass is 10.0. The van der Waals surface area contributed by atoms with Gasteiger partial charge in [-0.05, 0) is 25.7 Å². The SMILES string of the molecule is O=C1CC(CF)CN1C1CCN(Cc2cnoc2C2CC2)CC1. The van der Waals surface area contributed by atoms with Crippen molar-refractivity contribution in [2.75, 3.05) is 26.3 Å². The van der Waals surface area contributed by atoms with E-state index in [-0.39, 0.29) is 18.5 Å². The van der Waals surface area contributed by atoms with Crippen LogP contribution in [0.15, 0.2) is 10.7 Å². The zero-order valence-corrected chi connectivity index (χ0v) is 13.4. The molecule has 6 heteroatoms. The highest BCUT2D eigenvalue weighted by molar-refractivity contribution is 5.79. The van der Waals surface area contributed by atoms with E-state index in [4.69, 9.17) is 4.52 Å². The number of aromatic nitrogens is 1. The summed E-state index contributed by atoms with van der Waals surface area (Å²) in [4.78, 5) is 16.4. The molecule has 1 aromatic rings. The van der Waals surface area contributed by atoms with Crippen LogP contribution in [0.25, 0.3) is 0 Å². The summed E-state index contributed by atoms with van der Waals surface area (Å²) >= 11 is 0. The molecule has 2 saturated heterocycles. The van der Waals surface area contributed by atoms with E-state index < -0.39 is 0 Å². The molecule has 1 atom stereocenters. The third-order valence-corrected chi connectivity index (χ3v) is 5.47. The minimum absolute atomic E-state index is 0.0846. The number of likely N-dealkylation sites (tertiary alicyclic amines) is 2. The summed E-state index contributed by atoms with van der Waals surface area (Å²) in [5.74, 6) is 1.72. The highest BCUT2D eigenvalue weighted by Crippen LogP contribution is 2.42. The lowest BCUT2D eigenvalue weighted by Gasteiger charge is -2.36. The molecule has 23 heavy (non-hydrogen) atoms. The number of halogens is 1. The smallest absolute Gasteiger partial charge is 0.223 e. The maximum absolute atomic E-state index is 12.8. The summed E-state index contributed by atoms with van der Waals surface area (Å²) < 4.78 is 18.2. The van der Waals surface area contributed by atoms with Crippen molar-refractivity contribution < 1.29 is 13.7 Å².